The number of amides is 2. The molecule has 0 aromatic carbocycles. The summed E-state index contributed by atoms with van der Waals surface area (Å²) >= 11 is 1.36. The summed E-state index contributed by atoms with van der Waals surface area (Å²) in [7, 11) is 0. The number of hydrogen-bond donors (Lipinski definition) is 1. The number of fused-ring (bicyclic) bond motifs is 1. The van der Waals surface area contributed by atoms with Crippen LogP contribution in [0.1, 0.15) is 27.2 Å². The van der Waals surface area contributed by atoms with Gasteiger partial charge in [-0.1, -0.05) is 0 Å². The van der Waals surface area contributed by atoms with Gasteiger partial charge in [-0.05, 0) is 24.8 Å². The zero-order valence-electron chi connectivity index (χ0n) is 10.9. The van der Waals surface area contributed by atoms with Gasteiger partial charge in [0.1, 0.15) is 5.00 Å². The molecule has 1 aromatic rings. The maximum Gasteiger partial charge on any atom is 0.322 e. The number of carbonyl (C=O) groups excluding carboxylic acids is 2. The molecule has 2 heterocycles. The fraction of sp³-hybridized carbons (Fsp3) is 0.538. The Kier molecular flexibility index (Phi) is 3.62. The predicted molar refractivity (Wildman–Crippen MR) is 72.1 cm³/mol. The van der Waals surface area contributed by atoms with Gasteiger partial charge < -0.3 is 19.5 Å². The predicted octanol–water partition coefficient (Wildman–Crippen LogP) is 0.464. The summed E-state index contributed by atoms with van der Waals surface area (Å²) in [6.45, 7) is 2.08. The first kappa shape index (κ1) is 13.4. The van der Waals surface area contributed by atoms with E-state index in [0.717, 1.165) is 29.7 Å². The molecule has 2 aliphatic rings. The quantitative estimate of drug-likeness (QED) is 0.859. The lowest BCUT2D eigenvalue weighted by molar-refractivity contribution is -0.254. The van der Waals surface area contributed by atoms with Crippen LogP contribution < -0.4 is 10.4 Å². The highest BCUT2D eigenvalue weighted by molar-refractivity contribution is 7.17. The lowest BCUT2D eigenvalue weighted by atomic mass is 10.1. The number of carbonyl (C=O) groups is 2. The molecule has 0 unspecified atom stereocenters. The minimum absolute atomic E-state index is 0.170. The van der Waals surface area contributed by atoms with Crippen molar-refractivity contribution in [3.63, 3.8) is 0 Å². The summed E-state index contributed by atoms with van der Waals surface area (Å²) < 4.78 is 5.19. The topological polar surface area (TPSA) is 81.7 Å². The second-order valence-electron chi connectivity index (χ2n) is 4.88. The smallest absolute Gasteiger partial charge is 0.322 e. The van der Waals surface area contributed by atoms with Crippen LogP contribution in [0, 0.1) is 0 Å². The van der Waals surface area contributed by atoms with Gasteiger partial charge in [0.25, 0.3) is 0 Å². The van der Waals surface area contributed by atoms with Gasteiger partial charge in [0.15, 0.2) is 0 Å². The molecule has 1 N–H and O–H groups in total. The Morgan fingerprint density at radius 2 is 2.00 bits per heavy atom. The van der Waals surface area contributed by atoms with Crippen LogP contribution in [0.25, 0.3) is 0 Å². The molecule has 0 bridgehead atoms. The molecule has 6 nitrogen and oxygen atoms in total. The van der Waals surface area contributed by atoms with Gasteiger partial charge in [-0.15, -0.1) is 11.3 Å². The van der Waals surface area contributed by atoms with Gasteiger partial charge in [0.05, 0.1) is 19.2 Å². The standard InChI is InChI=1S/C13H16N2O4S/c16-12(17)10-8-2-1-3-9(8)20-11(10)14-13(18)15-4-6-19-7-5-15/h1-7H2,(H,14,18)(H,16,17)/p-1. The van der Waals surface area contributed by atoms with Crippen LogP contribution in [-0.4, -0.2) is 43.2 Å². The van der Waals surface area contributed by atoms with Gasteiger partial charge in [-0.3, -0.25) is 5.32 Å². The number of nitrogens with one attached hydrogen (secondary N) is 1. The van der Waals surface area contributed by atoms with E-state index < -0.39 is 5.97 Å². The lowest BCUT2D eigenvalue weighted by Crippen LogP contribution is -2.43. The van der Waals surface area contributed by atoms with Crippen molar-refractivity contribution in [3.8, 4) is 0 Å². The van der Waals surface area contributed by atoms with E-state index in [4.69, 9.17) is 4.74 Å². The molecule has 0 spiro atoms. The maximum atomic E-state index is 12.1. The summed E-state index contributed by atoms with van der Waals surface area (Å²) in [4.78, 5) is 26.1. The van der Waals surface area contributed by atoms with Crippen molar-refractivity contribution in [1.29, 1.82) is 0 Å². The summed E-state index contributed by atoms with van der Waals surface area (Å²) in [5.41, 5.74) is 1.01. The SMILES string of the molecule is O=C([O-])c1c(NC(=O)N2CCOCC2)sc2c1CCC2. The monoisotopic (exact) mass is 295 g/mol. The van der Waals surface area contributed by atoms with E-state index in [1.54, 1.807) is 4.90 Å². The largest absolute Gasteiger partial charge is 0.545 e. The molecule has 0 radical (unpaired) electrons. The van der Waals surface area contributed by atoms with E-state index in [2.05, 4.69) is 5.32 Å². The van der Waals surface area contributed by atoms with Crippen LogP contribution >= 0.6 is 11.3 Å². The number of morpholine rings is 1. The Bertz CT molecular complexity index is 549. The molecule has 1 aromatic heterocycles. The molecule has 0 saturated carbocycles. The molecular formula is C13H15N2O4S-. The highest BCUT2D eigenvalue weighted by Gasteiger charge is 2.25. The number of nitrogens with zero attached hydrogens (tertiary/aromatic N) is 1. The van der Waals surface area contributed by atoms with Crippen molar-refractivity contribution in [1.82, 2.24) is 4.90 Å². The van der Waals surface area contributed by atoms with Gasteiger partial charge in [0.2, 0.25) is 0 Å². The third kappa shape index (κ3) is 2.38. The van der Waals surface area contributed by atoms with Crippen molar-refractivity contribution < 1.29 is 19.4 Å². The lowest BCUT2D eigenvalue weighted by Gasteiger charge is -2.27. The van der Waals surface area contributed by atoms with Crippen LogP contribution in [0.4, 0.5) is 9.80 Å². The number of ether oxygens (including phenoxy) is 1. The summed E-state index contributed by atoms with van der Waals surface area (Å²) in [5.74, 6) is -1.21. The molecule has 108 valence electrons. The third-order valence-corrected chi connectivity index (χ3v) is 4.85. The van der Waals surface area contributed by atoms with Crippen LogP contribution in [0.2, 0.25) is 0 Å². The third-order valence-electron chi connectivity index (χ3n) is 3.64. The van der Waals surface area contributed by atoms with Gasteiger partial charge in [-0.25, -0.2) is 4.79 Å². The normalized spacial score (nSPS) is 17.9. The summed E-state index contributed by atoms with van der Waals surface area (Å²) in [6, 6.07) is -0.268. The van der Waals surface area contributed by atoms with E-state index in [1.165, 1.54) is 11.3 Å². The highest BCUT2D eigenvalue weighted by atomic mass is 32.1. The Hall–Kier alpha value is -1.60. The molecule has 1 saturated heterocycles. The van der Waals surface area contributed by atoms with E-state index in [1.807, 2.05) is 0 Å². The number of carboxylic acid groups (broad SMARTS) is 1. The van der Waals surface area contributed by atoms with Gasteiger partial charge in [-0.2, -0.15) is 0 Å². The van der Waals surface area contributed by atoms with Crippen LogP contribution in [0.15, 0.2) is 0 Å². The second kappa shape index (κ2) is 5.41. The minimum atomic E-state index is -1.21. The van der Waals surface area contributed by atoms with E-state index >= 15 is 0 Å². The first-order valence-corrected chi connectivity index (χ1v) is 7.48. The first-order valence-electron chi connectivity index (χ1n) is 6.66. The number of hydrogen-bond acceptors (Lipinski definition) is 5. The maximum absolute atomic E-state index is 12.1. The number of anilines is 1. The van der Waals surface area contributed by atoms with Crippen molar-refractivity contribution in [2.45, 2.75) is 19.3 Å². The summed E-state index contributed by atoms with van der Waals surface area (Å²) in [5, 5.41) is 14.4. The van der Waals surface area contributed by atoms with Crippen molar-refractivity contribution in [2.24, 2.45) is 0 Å². The average molecular weight is 295 g/mol. The molecule has 20 heavy (non-hydrogen) atoms. The second-order valence-corrected chi connectivity index (χ2v) is 5.98. The van der Waals surface area contributed by atoms with E-state index in [-0.39, 0.29) is 11.6 Å². The number of thiophene rings is 1. The summed E-state index contributed by atoms with van der Waals surface area (Å²) in [6.07, 6.45) is 2.61. The fourth-order valence-corrected chi connectivity index (χ4v) is 3.92. The molecule has 1 aliphatic heterocycles. The zero-order valence-corrected chi connectivity index (χ0v) is 11.8. The number of urea groups is 1. The van der Waals surface area contributed by atoms with Crippen molar-refractivity contribution in [2.75, 3.05) is 31.6 Å². The Labute approximate surface area is 120 Å². The minimum Gasteiger partial charge on any atom is -0.545 e. The zero-order chi connectivity index (χ0) is 14.1. The fourth-order valence-electron chi connectivity index (χ4n) is 2.65. The number of aryl methyl sites for hydroxylation is 1. The van der Waals surface area contributed by atoms with E-state index in [0.29, 0.717) is 31.3 Å². The molecule has 0 atom stereocenters. The molecular weight excluding hydrogens is 280 g/mol. The van der Waals surface area contributed by atoms with Crippen LogP contribution in [0.5, 0.6) is 0 Å². The number of rotatable bonds is 2. The Morgan fingerprint density at radius 3 is 2.70 bits per heavy atom. The molecule has 7 heteroatoms. The molecule has 3 rings (SSSR count). The number of carboxylic acids is 1. The molecule has 2 amide bonds. The Morgan fingerprint density at radius 1 is 1.25 bits per heavy atom. The number of aromatic carboxylic acids is 1. The Balaban J connectivity index is 1.80. The van der Waals surface area contributed by atoms with Gasteiger partial charge >= 0.3 is 6.03 Å². The van der Waals surface area contributed by atoms with Gasteiger partial charge in [0, 0.05) is 23.5 Å². The van der Waals surface area contributed by atoms with Crippen molar-refractivity contribution >= 4 is 28.3 Å². The average Bonchev–Trinajstić information content (AvgIpc) is 2.99. The van der Waals surface area contributed by atoms with Crippen molar-refractivity contribution in [3.05, 3.63) is 16.0 Å². The molecule has 1 fully saturated rings. The van der Waals surface area contributed by atoms with Crippen LogP contribution in [0.3, 0.4) is 0 Å². The van der Waals surface area contributed by atoms with Crippen LogP contribution in [-0.2, 0) is 17.6 Å². The molecule has 1 aliphatic carbocycles. The highest BCUT2D eigenvalue weighted by Crippen LogP contribution is 2.38. The first-order chi connectivity index (χ1) is 9.66. The van der Waals surface area contributed by atoms with E-state index in [9.17, 15) is 14.7 Å².